The van der Waals surface area contributed by atoms with E-state index in [1.54, 1.807) is 0 Å². The zero-order chi connectivity index (χ0) is 19.2. The Morgan fingerprint density at radius 2 is 0.880 bits per heavy atom. The maximum absolute atomic E-state index is 10.0. The van der Waals surface area contributed by atoms with E-state index in [4.69, 9.17) is 0 Å². The van der Waals surface area contributed by atoms with Crippen LogP contribution in [0, 0.1) is 60.2 Å². The summed E-state index contributed by atoms with van der Waals surface area (Å²) in [6.45, 7) is 13.2. The zero-order valence-corrected chi connectivity index (χ0v) is 19.5. The summed E-state index contributed by atoms with van der Waals surface area (Å²) in [4.78, 5) is 20.1. The monoisotopic (exact) mass is 495 g/mol. The van der Waals surface area contributed by atoms with E-state index in [2.05, 4.69) is 41.5 Å². The van der Waals surface area contributed by atoms with Crippen LogP contribution in [0.2, 0.25) is 0 Å². The fraction of sp³-hybridized carbons (Fsp3) is 0.900. The molecule has 0 aliphatic carbocycles. The van der Waals surface area contributed by atoms with Gasteiger partial charge in [-0.2, -0.15) is 0 Å². The second-order valence-corrected chi connectivity index (χ2v) is 8.99. The molecule has 0 rings (SSSR count). The number of carboxylic acids is 2. The van der Waals surface area contributed by atoms with E-state index >= 15 is 0 Å². The average molecular weight is 494 g/mol. The van der Waals surface area contributed by atoms with Crippen LogP contribution in [0.4, 0.5) is 0 Å². The van der Waals surface area contributed by atoms with Gasteiger partial charge in [-0.15, -0.1) is 0 Å². The van der Waals surface area contributed by atoms with E-state index in [0.717, 1.165) is 38.5 Å². The Morgan fingerprint density at radius 3 is 1.08 bits per heavy atom. The van der Waals surface area contributed by atoms with E-state index in [-0.39, 0.29) is 62.2 Å². The van der Waals surface area contributed by atoms with Gasteiger partial charge >= 0.3 is 49.4 Å². The molecule has 25 heavy (non-hydrogen) atoms. The van der Waals surface area contributed by atoms with Gasteiger partial charge in [0.1, 0.15) is 0 Å². The number of aliphatic carboxylic acids is 2. The van der Waals surface area contributed by atoms with Crippen molar-refractivity contribution in [1.29, 1.82) is 0 Å². The summed E-state index contributed by atoms with van der Waals surface area (Å²) in [6, 6.07) is 0. The number of rotatable bonds is 10. The van der Waals surface area contributed by atoms with Crippen molar-refractivity contribution >= 4 is 11.9 Å². The van der Waals surface area contributed by atoms with Crippen LogP contribution in [0.5, 0.6) is 0 Å². The Bertz CT molecular complexity index is 307. The van der Waals surface area contributed by atoms with Crippen LogP contribution in [0.1, 0.15) is 106 Å². The number of carbonyl (C=O) groups excluding carboxylic acids is 2. The third-order valence-corrected chi connectivity index (χ3v) is 3.62. The first-order valence-corrected chi connectivity index (χ1v) is 9.23. The number of carboxylic acid groups (broad SMARTS) is 2. The Labute approximate surface area is 196 Å². The molecule has 0 spiro atoms. The van der Waals surface area contributed by atoms with Gasteiger partial charge in [0.2, 0.25) is 0 Å². The Balaban J connectivity index is -0.000000372. The number of carbonyl (C=O) groups is 2. The number of unbranched alkanes of at least 4 members (excludes halogenated alkanes) is 4. The van der Waals surface area contributed by atoms with Crippen molar-refractivity contribution in [3.63, 3.8) is 0 Å². The van der Waals surface area contributed by atoms with Gasteiger partial charge in [0, 0.05) is 11.9 Å². The Hall–Kier alpha value is 0.524. The van der Waals surface area contributed by atoms with E-state index < -0.39 is 11.9 Å². The molecule has 1 radical (unpaired) electrons. The van der Waals surface area contributed by atoms with Gasteiger partial charge in [-0.25, -0.2) is 0 Å². The van der Waals surface area contributed by atoms with Gasteiger partial charge in [-0.1, -0.05) is 67.2 Å². The van der Waals surface area contributed by atoms with Crippen molar-refractivity contribution in [2.75, 3.05) is 0 Å². The van der Waals surface area contributed by atoms with Crippen molar-refractivity contribution in [3.8, 4) is 0 Å². The van der Waals surface area contributed by atoms with Crippen LogP contribution < -0.4 is 10.2 Å². The van der Waals surface area contributed by atoms with Gasteiger partial charge in [-0.05, 0) is 49.4 Å². The molecule has 0 aromatic rings. The minimum absolute atomic E-state index is 0. The van der Waals surface area contributed by atoms with Crippen molar-refractivity contribution in [1.82, 2.24) is 0 Å². The molecule has 0 heterocycles. The first-order valence-electron chi connectivity index (χ1n) is 9.23. The quantitative estimate of drug-likeness (QED) is 0.436. The number of hydrogen-bond acceptors (Lipinski definition) is 4. The minimum Gasteiger partial charge on any atom is -0.550 e. The summed E-state index contributed by atoms with van der Waals surface area (Å²) < 4.78 is 0. The van der Waals surface area contributed by atoms with E-state index in [1.165, 1.54) is 12.8 Å². The maximum atomic E-state index is 10.0. The molecule has 0 saturated carbocycles. The van der Waals surface area contributed by atoms with Crippen LogP contribution in [0.3, 0.4) is 0 Å². The molecule has 0 aromatic carbocycles. The van der Waals surface area contributed by atoms with Crippen LogP contribution in [-0.2, 0) is 9.59 Å². The molecule has 0 aliphatic heterocycles. The molecule has 0 saturated heterocycles. The molecule has 5 heteroatoms. The first kappa shape index (κ1) is 30.3. The SMILES string of the molecule is CC(C)(C)CCCCCC(=O)[O-].CC(C)(C)CCCCCC(=O)[O-].[Eu+2]. The van der Waals surface area contributed by atoms with Crippen molar-refractivity contribution < 1.29 is 69.2 Å². The van der Waals surface area contributed by atoms with Crippen molar-refractivity contribution in [3.05, 3.63) is 0 Å². The summed E-state index contributed by atoms with van der Waals surface area (Å²) in [6.07, 6.45) is 8.54. The summed E-state index contributed by atoms with van der Waals surface area (Å²) in [7, 11) is 0. The van der Waals surface area contributed by atoms with Crippen molar-refractivity contribution in [2.24, 2.45) is 10.8 Å². The summed E-state index contributed by atoms with van der Waals surface area (Å²) in [5.41, 5.74) is 0.753. The molecular weight excluding hydrogens is 456 g/mol. The third kappa shape index (κ3) is 36.3. The fourth-order valence-electron chi connectivity index (χ4n) is 2.20. The molecule has 0 aliphatic rings. The standard InChI is InChI=1S/2C10H20O2.Eu/c2*1-10(2,3)8-6-4-5-7-9(11)12;/h2*4-8H2,1-3H3,(H,11,12);/q;;+2/p-2. The molecule has 0 amide bonds. The van der Waals surface area contributed by atoms with Gasteiger partial charge in [0.15, 0.2) is 0 Å². The van der Waals surface area contributed by atoms with Crippen LogP contribution in [-0.4, -0.2) is 11.9 Å². The third-order valence-electron chi connectivity index (χ3n) is 3.62. The van der Waals surface area contributed by atoms with Crippen LogP contribution >= 0.6 is 0 Å². The molecule has 0 bridgehead atoms. The van der Waals surface area contributed by atoms with Gasteiger partial charge in [-0.3, -0.25) is 0 Å². The predicted octanol–water partition coefficient (Wildman–Crippen LogP) is 3.47. The average Bonchev–Trinajstić information content (AvgIpc) is 2.35. The largest absolute Gasteiger partial charge is 2.00 e. The Morgan fingerprint density at radius 1 is 0.600 bits per heavy atom. The van der Waals surface area contributed by atoms with Gasteiger partial charge in [0.05, 0.1) is 0 Å². The molecule has 0 fully saturated rings. The summed E-state index contributed by atoms with van der Waals surface area (Å²) in [5.74, 6) is -1.85. The second-order valence-electron chi connectivity index (χ2n) is 8.99. The summed E-state index contributed by atoms with van der Waals surface area (Å²) >= 11 is 0. The molecular formula is C20H38EuO4. The predicted molar refractivity (Wildman–Crippen MR) is 95.1 cm³/mol. The maximum Gasteiger partial charge on any atom is 2.00 e. The minimum atomic E-state index is -0.925. The van der Waals surface area contributed by atoms with Gasteiger partial charge in [0.25, 0.3) is 0 Å². The second kappa shape index (κ2) is 16.7. The van der Waals surface area contributed by atoms with Gasteiger partial charge < -0.3 is 19.8 Å². The van der Waals surface area contributed by atoms with E-state index in [9.17, 15) is 19.8 Å². The topological polar surface area (TPSA) is 80.3 Å². The van der Waals surface area contributed by atoms with Crippen LogP contribution in [0.15, 0.2) is 0 Å². The molecule has 0 aromatic heterocycles. The summed E-state index contributed by atoms with van der Waals surface area (Å²) in [5, 5.41) is 20.1. The normalized spacial score (nSPS) is 11.1. The zero-order valence-electron chi connectivity index (χ0n) is 17.1. The smallest absolute Gasteiger partial charge is 0.550 e. The van der Waals surface area contributed by atoms with Crippen LogP contribution in [0.25, 0.3) is 0 Å². The first-order chi connectivity index (χ1) is 10.8. The molecule has 4 nitrogen and oxygen atoms in total. The molecule has 0 N–H and O–H groups in total. The molecule has 0 atom stereocenters. The Kier molecular flexibility index (Phi) is 20.2. The van der Waals surface area contributed by atoms with Crippen molar-refractivity contribution in [2.45, 2.75) is 106 Å². The van der Waals surface area contributed by atoms with E-state index in [1.807, 2.05) is 0 Å². The molecule has 149 valence electrons. The van der Waals surface area contributed by atoms with E-state index in [0.29, 0.717) is 10.8 Å². The fourth-order valence-corrected chi connectivity index (χ4v) is 2.20. The number of hydrogen-bond donors (Lipinski definition) is 0. The molecule has 0 unspecified atom stereocenters.